The number of thioether (sulfide) groups is 1. The molecule has 1 N–H and O–H groups in total. The SMILES string of the molecule is CSCC[C@H](C(=O)NC1CCCCCC1)N1C(=O)[C@H]2CCCC[C@H]2C1=O. The number of amides is 3. The molecule has 0 aromatic heterocycles. The fourth-order valence-corrected chi connectivity index (χ4v) is 5.28. The van der Waals surface area contributed by atoms with Crippen molar-refractivity contribution in [2.45, 2.75) is 82.7 Å². The predicted octanol–water partition coefficient (Wildman–Crippen LogP) is 3.12. The Balaban J connectivity index is 1.73. The van der Waals surface area contributed by atoms with Gasteiger partial charge in [0.25, 0.3) is 0 Å². The molecule has 0 aromatic rings. The summed E-state index contributed by atoms with van der Waals surface area (Å²) in [5, 5.41) is 3.17. The molecule has 0 aromatic carbocycles. The molecule has 146 valence electrons. The van der Waals surface area contributed by atoms with Gasteiger partial charge in [-0.05, 0) is 44.1 Å². The molecule has 3 aliphatic rings. The molecule has 3 rings (SSSR count). The van der Waals surface area contributed by atoms with Gasteiger partial charge in [-0.1, -0.05) is 38.5 Å². The van der Waals surface area contributed by atoms with Crippen LogP contribution in [0.2, 0.25) is 0 Å². The Bertz CT molecular complexity index is 507. The summed E-state index contributed by atoms with van der Waals surface area (Å²) in [7, 11) is 0. The lowest BCUT2D eigenvalue weighted by atomic mass is 9.81. The third-order valence-corrected chi connectivity index (χ3v) is 6.93. The summed E-state index contributed by atoms with van der Waals surface area (Å²) in [6, 6.07) is -0.437. The second-order valence-electron chi connectivity index (χ2n) is 8.04. The van der Waals surface area contributed by atoms with E-state index in [4.69, 9.17) is 0 Å². The molecule has 1 saturated heterocycles. The van der Waals surface area contributed by atoms with Crippen LogP contribution in [0.4, 0.5) is 0 Å². The number of imide groups is 1. The fourth-order valence-electron chi connectivity index (χ4n) is 4.82. The van der Waals surface area contributed by atoms with E-state index in [0.717, 1.165) is 57.1 Å². The number of rotatable bonds is 6. The molecule has 2 saturated carbocycles. The Morgan fingerprint density at radius 1 is 1.00 bits per heavy atom. The summed E-state index contributed by atoms with van der Waals surface area (Å²) in [6.45, 7) is 0. The van der Waals surface area contributed by atoms with Gasteiger partial charge in [-0.2, -0.15) is 11.8 Å². The number of hydrogen-bond donors (Lipinski definition) is 1. The Morgan fingerprint density at radius 3 is 2.08 bits per heavy atom. The standard InChI is InChI=1S/C20H32N2O3S/c1-26-13-12-17(18(23)21-14-8-4-2-3-5-9-14)22-19(24)15-10-6-7-11-16(15)20(22)25/h14-17H,2-13H2,1H3,(H,21,23)/t15-,16+,17-/m1/s1. The van der Waals surface area contributed by atoms with Crippen LogP contribution >= 0.6 is 11.8 Å². The van der Waals surface area contributed by atoms with Crippen LogP contribution in [0.5, 0.6) is 0 Å². The van der Waals surface area contributed by atoms with Crippen LogP contribution in [-0.4, -0.2) is 46.7 Å². The van der Waals surface area contributed by atoms with E-state index in [0.29, 0.717) is 6.42 Å². The van der Waals surface area contributed by atoms with Crippen LogP contribution in [0.3, 0.4) is 0 Å². The van der Waals surface area contributed by atoms with Crippen LogP contribution in [0.1, 0.15) is 70.6 Å². The minimum absolute atomic E-state index is 0.0955. The van der Waals surface area contributed by atoms with Gasteiger partial charge in [-0.25, -0.2) is 0 Å². The molecule has 26 heavy (non-hydrogen) atoms. The Hall–Kier alpha value is -1.04. The topological polar surface area (TPSA) is 66.5 Å². The minimum Gasteiger partial charge on any atom is -0.352 e. The van der Waals surface area contributed by atoms with E-state index >= 15 is 0 Å². The lowest BCUT2D eigenvalue weighted by Crippen LogP contribution is -2.52. The number of nitrogens with zero attached hydrogens (tertiary/aromatic N) is 1. The molecule has 2 aliphatic carbocycles. The van der Waals surface area contributed by atoms with Crippen LogP contribution < -0.4 is 5.32 Å². The van der Waals surface area contributed by atoms with Gasteiger partial charge in [-0.3, -0.25) is 19.3 Å². The van der Waals surface area contributed by atoms with Crippen LogP contribution in [-0.2, 0) is 14.4 Å². The van der Waals surface area contributed by atoms with Gasteiger partial charge in [0.15, 0.2) is 0 Å². The van der Waals surface area contributed by atoms with Crippen molar-refractivity contribution >= 4 is 29.5 Å². The second kappa shape index (κ2) is 9.25. The number of hydrogen-bond acceptors (Lipinski definition) is 4. The predicted molar refractivity (Wildman–Crippen MR) is 104 cm³/mol. The number of likely N-dealkylation sites (tertiary alicyclic amines) is 1. The van der Waals surface area contributed by atoms with Gasteiger partial charge >= 0.3 is 0 Å². The zero-order valence-electron chi connectivity index (χ0n) is 15.9. The van der Waals surface area contributed by atoms with Crippen molar-refractivity contribution in [3.8, 4) is 0 Å². The van der Waals surface area contributed by atoms with Crippen molar-refractivity contribution in [2.24, 2.45) is 11.8 Å². The highest BCUT2D eigenvalue weighted by atomic mass is 32.2. The maximum atomic E-state index is 13.0. The first-order valence-corrected chi connectivity index (χ1v) is 11.7. The van der Waals surface area contributed by atoms with Gasteiger partial charge in [-0.15, -0.1) is 0 Å². The quantitative estimate of drug-likeness (QED) is 0.568. The van der Waals surface area contributed by atoms with E-state index in [1.54, 1.807) is 11.8 Å². The highest BCUT2D eigenvalue weighted by molar-refractivity contribution is 7.98. The van der Waals surface area contributed by atoms with Crippen molar-refractivity contribution in [3.05, 3.63) is 0 Å². The van der Waals surface area contributed by atoms with Gasteiger partial charge in [0, 0.05) is 6.04 Å². The van der Waals surface area contributed by atoms with Gasteiger partial charge in [0.05, 0.1) is 11.8 Å². The van der Waals surface area contributed by atoms with Crippen LogP contribution in [0, 0.1) is 11.8 Å². The first kappa shape index (κ1) is 19.7. The van der Waals surface area contributed by atoms with Gasteiger partial charge in [0.1, 0.15) is 6.04 Å². The fraction of sp³-hybridized carbons (Fsp3) is 0.850. The molecule has 3 fully saturated rings. The summed E-state index contributed by atoms with van der Waals surface area (Å²) in [5.74, 6) is 0.0992. The number of carbonyl (C=O) groups excluding carboxylic acids is 3. The smallest absolute Gasteiger partial charge is 0.243 e. The monoisotopic (exact) mass is 380 g/mol. The number of carbonyl (C=O) groups is 3. The van der Waals surface area contributed by atoms with Crippen molar-refractivity contribution in [2.75, 3.05) is 12.0 Å². The summed E-state index contributed by atoms with van der Waals surface area (Å²) in [4.78, 5) is 40.2. The van der Waals surface area contributed by atoms with Crippen molar-refractivity contribution in [1.29, 1.82) is 0 Å². The normalized spacial score (nSPS) is 28.6. The average molecular weight is 381 g/mol. The van der Waals surface area contributed by atoms with E-state index in [2.05, 4.69) is 5.32 Å². The molecule has 1 aliphatic heterocycles. The summed E-state index contributed by atoms with van der Waals surface area (Å²) >= 11 is 1.65. The molecule has 0 radical (unpaired) electrons. The first-order valence-electron chi connectivity index (χ1n) is 10.3. The highest BCUT2D eigenvalue weighted by Crippen LogP contribution is 2.39. The third-order valence-electron chi connectivity index (χ3n) is 6.29. The lowest BCUT2D eigenvalue weighted by Gasteiger charge is -2.28. The molecule has 0 bridgehead atoms. The zero-order valence-corrected chi connectivity index (χ0v) is 16.7. The largest absolute Gasteiger partial charge is 0.352 e. The number of fused-ring (bicyclic) bond motifs is 1. The minimum atomic E-state index is -0.628. The zero-order chi connectivity index (χ0) is 18.5. The van der Waals surface area contributed by atoms with Crippen molar-refractivity contribution < 1.29 is 14.4 Å². The van der Waals surface area contributed by atoms with E-state index in [9.17, 15) is 14.4 Å². The second-order valence-corrected chi connectivity index (χ2v) is 9.02. The maximum Gasteiger partial charge on any atom is 0.243 e. The van der Waals surface area contributed by atoms with E-state index < -0.39 is 6.04 Å². The molecule has 6 heteroatoms. The van der Waals surface area contributed by atoms with E-state index in [1.807, 2.05) is 6.26 Å². The Kier molecular flexibility index (Phi) is 7.01. The molecule has 5 nitrogen and oxygen atoms in total. The first-order chi connectivity index (χ1) is 12.6. The summed E-state index contributed by atoms with van der Waals surface area (Å²) in [6.07, 6.45) is 12.9. The van der Waals surface area contributed by atoms with Gasteiger partial charge in [0.2, 0.25) is 17.7 Å². The average Bonchev–Trinajstić information content (AvgIpc) is 2.82. The highest BCUT2D eigenvalue weighted by Gasteiger charge is 2.51. The molecule has 0 unspecified atom stereocenters. The summed E-state index contributed by atoms with van der Waals surface area (Å²) < 4.78 is 0. The number of nitrogens with one attached hydrogen (secondary N) is 1. The van der Waals surface area contributed by atoms with Crippen LogP contribution in [0.25, 0.3) is 0 Å². The van der Waals surface area contributed by atoms with E-state index in [-0.39, 0.29) is 35.6 Å². The Morgan fingerprint density at radius 2 is 1.54 bits per heavy atom. The lowest BCUT2D eigenvalue weighted by molar-refractivity contribution is -0.148. The molecular weight excluding hydrogens is 348 g/mol. The maximum absolute atomic E-state index is 13.0. The van der Waals surface area contributed by atoms with E-state index in [1.165, 1.54) is 17.7 Å². The Labute approximate surface area is 161 Å². The van der Waals surface area contributed by atoms with Gasteiger partial charge < -0.3 is 5.32 Å². The molecule has 3 atom stereocenters. The van der Waals surface area contributed by atoms with Crippen molar-refractivity contribution in [3.63, 3.8) is 0 Å². The van der Waals surface area contributed by atoms with Crippen molar-refractivity contribution in [1.82, 2.24) is 10.2 Å². The molecule has 3 amide bonds. The summed E-state index contributed by atoms with van der Waals surface area (Å²) in [5.41, 5.74) is 0. The third kappa shape index (κ3) is 4.26. The molecule has 0 spiro atoms. The molecular formula is C20H32N2O3S. The molecule has 1 heterocycles. The van der Waals surface area contributed by atoms with Crippen LogP contribution in [0.15, 0.2) is 0 Å².